The van der Waals surface area contributed by atoms with E-state index in [2.05, 4.69) is 50.6 Å². The van der Waals surface area contributed by atoms with E-state index in [4.69, 9.17) is 6.57 Å². The SMILES string of the molecule is [C-]#[N+]c1cnn(-c2ncccn2)c1/N=N/c1c(C(C)(C)C)nn2nc(-c3ccc(NC(C)=O)cc3)[nH]c12. The molecule has 0 unspecified atom stereocenters. The zero-order valence-electron chi connectivity index (χ0n) is 20.5. The third kappa shape index (κ3) is 4.55. The molecule has 2 N–H and O–H groups in total. The molecular formula is C24H22N12O. The van der Waals surface area contributed by atoms with Crippen LogP contribution in [0.1, 0.15) is 33.4 Å². The fraction of sp³-hybridized carbons (Fsp3) is 0.208. The van der Waals surface area contributed by atoms with Crippen molar-refractivity contribution in [2.24, 2.45) is 10.2 Å². The van der Waals surface area contributed by atoms with Gasteiger partial charge in [-0.3, -0.25) is 4.79 Å². The highest BCUT2D eigenvalue weighted by atomic mass is 16.1. The maximum absolute atomic E-state index is 11.3. The lowest BCUT2D eigenvalue weighted by molar-refractivity contribution is -0.114. The number of hydrogen-bond donors (Lipinski definition) is 2. The van der Waals surface area contributed by atoms with Crippen molar-refractivity contribution < 1.29 is 4.79 Å². The molecule has 0 aliphatic heterocycles. The highest BCUT2D eigenvalue weighted by Crippen LogP contribution is 2.37. The molecule has 5 aromatic rings. The van der Waals surface area contributed by atoms with Crippen molar-refractivity contribution in [1.82, 2.24) is 39.6 Å². The number of benzene rings is 1. The molecule has 4 aromatic heterocycles. The summed E-state index contributed by atoms with van der Waals surface area (Å²) >= 11 is 0. The Morgan fingerprint density at radius 2 is 1.84 bits per heavy atom. The van der Waals surface area contributed by atoms with Crippen LogP contribution < -0.4 is 5.32 Å². The first-order valence-corrected chi connectivity index (χ1v) is 11.3. The quantitative estimate of drug-likeness (QED) is 0.262. The van der Waals surface area contributed by atoms with Gasteiger partial charge in [-0.1, -0.05) is 20.8 Å². The van der Waals surface area contributed by atoms with E-state index in [1.165, 1.54) is 22.4 Å². The highest BCUT2D eigenvalue weighted by molar-refractivity contribution is 5.88. The number of rotatable bonds is 5. The van der Waals surface area contributed by atoms with Gasteiger partial charge in [0.15, 0.2) is 23.0 Å². The summed E-state index contributed by atoms with van der Waals surface area (Å²) in [7, 11) is 0. The molecule has 1 aromatic carbocycles. The van der Waals surface area contributed by atoms with Crippen LogP contribution in [0.25, 0.3) is 27.8 Å². The van der Waals surface area contributed by atoms with E-state index in [1.54, 1.807) is 30.6 Å². The van der Waals surface area contributed by atoms with Gasteiger partial charge < -0.3 is 10.3 Å². The molecule has 1 amide bonds. The molecule has 0 atom stereocenters. The molecule has 0 radical (unpaired) electrons. The van der Waals surface area contributed by atoms with Crippen LogP contribution in [0, 0.1) is 6.57 Å². The molecule has 0 aliphatic rings. The van der Waals surface area contributed by atoms with Crippen molar-refractivity contribution in [1.29, 1.82) is 0 Å². The van der Waals surface area contributed by atoms with E-state index in [0.717, 1.165) is 5.56 Å². The third-order valence-corrected chi connectivity index (χ3v) is 5.30. The number of aromatic amines is 1. The normalized spacial score (nSPS) is 11.8. The Morgan fingerprint density at radius 1 is 1.11 bits per heavy atom. The molecule has 0 saturated heterocycles. The van der Waals surface area contributed by atoms with Gasteiger partial charge in [-0.05, 0) is 30.3 Å². The summed E-state index contributed by atoms with van der Waals surface area (Å²) in [5.74, 6) is 0.900. The number of fused-ring (bicyclic) bond motifs is 1. The third-order valence-electron chi connectivity index (χ3n) is 5.30. The number of azo groups is 1. The fourth-order valence-corrected chi connectivity index (χ4v) is 3.61. The van der Waals surface area contributed by atoms with Crippen LogP contribution in [-0.4, -0.2) is 45.5 Å². The van der Waals surface area contributed by atoms with E-state index >= 15 is 0 Å². The molecular weight excluding hydrogens is 472 g/mol. The summed E-state index contributed by atoms with van der Waals surface area (Å²) in [6, 6.07) is 8.96. The van der Waals surface area contributed by atoms with Crippen LogP contribution in [-0.2, 0) is 10.2 Å². The van der Waals surface area contributed by atoms with Gasteiger partial charge >= 0.3 is 0 Å². The topological polar surface area (TPSA) is 148 Å². The number of amides is 1. The van der Waals surface area contributed by atoms with Crippen molar-refractivity contribution in [2.45, 2.75) is 33.1 Å². The van der Waals surface area contributed by atoms with Crippen LogP contribution in [0.15, 0.2) is 59.2 Å². The van der Waals surface area contributed by atoms with Gasteiger partial charge in [-0.25, -0.2) is 14.8 Å². The fourth-order valence-electron chi connectivity index (χ4n) is 3.61. The van der Waals surface area contributed by atoms with Gasteiger partial charge in [0, 0.05) is 36.0 Å². The monoisotopic (exact) mass is 494 g/mol. The van der Waals surface area contributed by atoms with Crippen molar-refractivity contribution in [3.8, 4) is 17.3 Å². The second-order valence-electron chi connectivity index (χ2n) is 9.14. The Bertz CT molecular complexity index is 1660. The first kappa shape index (κ1) is 23.5. The number of carbonyl (C=O) groups is 1. The number of aromatic nitrogens is 8. The van der Waals surface area contributed by atoms with Gasteiger partial charge in [0.25, 0.3) is 11.6 Å². The summed E-state index contributed by atoms with van der Waals surface area (Å²) in [5, 5.41) is 25.1. The maximum Gasteiger partial charge on any atom is 0.252 e. The highest BCUT2D eigenvalue weighted by Gasteiger charge is 2.27. The maximum atomic E-state index is 11.3. The van der Waals surface area contributed by atoms with E-state index < -0.39 is 0 Å². The number of anilines is 1. The zero-order valence-corrected chi connectivity index (χ0v) is 20.5. The molecule has 0 bridgehead atoms. The molecule has 13 nitrogen and oxygen atoms in total. The minimum Gasteiger partial charge on any atom is -0.326 e. The van der Waals surface area contributed by atoms with Gasteiger partial charge in [0.05, 0.1) is 18.5 Å². The largest absolute Gasteiger partial charge is 0.326 e. The van der Waals surface area contributed by atoms with E-state index in [9.17, 15) is 4.79 Å². The van der Waals surface area contributed by atoms with E-state index in [1.807, 2.05) is 32.9 Å². The predicted octanol–water partition coefficient (Wildman–Crippen LogP) is 4.92. The standard InChI is InChI=1S/C24H22N12O/c1-14(37)29-16-9-7-15(8-10-16)20-30-22-18(19(24(2,3)4)33-36(22)34-20)31-32-21-17(25-5)13-28-35(21)23-26-11-6-12-27-23/h6-13H,1-4H3,(H,29,37)(H,30,34)/b32-31+. The second kappa shape index (κ2) is 9.08. The number of nitrogens with zero attached hydrogens (tertiary/aromatic N) is 10. The summed E-state index contributed by atoms with van der Waals surface area (Å²) in [6.45, 7) is 15.0. The van der Waals surface area contributed by atoms with Gasteiger partial charge in [0.1, 0.15) is 0 Å². The Labute approximate surface area is 211 Å². The lowest BCUT2D eigenvalue weighted by Gasteiger charge is -2.15. The molecule has 0 aliphatic carbocycles. The second-order valence-corrected chi connectivity index (χ2v) is 9.14. The minimum absolute atomic E-state index is 0.143. The van der Waals surface area contributed by atoms with Crippen molar-refractivity contribution in [3.05, 3.63) is 66.0 Å². The molecule has 184 valence electrons. The molecule has 5 rings (SSSR count). The molecule has 0 spiro atoms. The average Bonchev–Trinajstić information content (AvgIpc) is 3.56. The summed E-state index contributed by atoms with van der Waals surface area (Å²) in [5.41, 5.74) is 3.03. The molecule has 0 fully saturated rings. The Hall–Kier alpha value is -5.25. The van der Waals surface area contributed by atoms with Crippen molar-refractivity contribution >= 4 is 34.4 Å². The Balaban J connectivity index is 1.59. The smallest absolute Gasteiger partial charge is 0.252 e. The number of hydrogen-bond acceptors (Lipinski definition) is 8. The molecule has 0 saturated carbocycles. The predicted molar refractivity (Wildman–Crippen MR) is 135 cm³/mol. The zero-order chi connectivity index (χ0) is 26.2. The van der Waals surface area contributed by atoms with E-state index in [-0.39, 0.29) is 28.8 Å². The number of H-pyrrole nitrogens is 1. The number of nitrogens with one attached hydrogen (secondary N) is 2. The van der Waals surface area contributed by atoms with Crippen LogP contribution in [0.5, 0.6) is 0 Å². The summed E-state index contributed by atoms with van der Waals surface area (Å²) < 4.78 is 2.85. The molecule has 13 heteroatoms. The Morgan fingerprint density at radius 3 is 2.49 bits per heavy atom. The number of carbonyl (C=O) groups excluding carboxylic acids is 1. The molecule has 37 heavy (non-hydrogen) atoms. The summed E-state index contributed by atoms with van der Waals surface area (Å²) in [6.07, 6.45) is 4.56. The Kier molecular flexibility index (Phi) is 5.76. The van der Waals surface area contributed by atoms with Crippen LogP contribution in [0.3, 0.4) is 0 Å². The first-order chi connectivity index (χ1) is 17.7. The van der Waals surface area contributed by atoms with Gasteiger partial charge in [0.2, 0.25) is 5.91 Å². The minimum atomic E-state index is -0.367. The van der Waals surface area contributed by atoms with Crippen molar-refractivity contribution in [2.75, 3.05) is 5.32 Å². The lowest BCUT2D eigenvalue weighted by Crippen LogP contribution is -2.12. The molecule has 4 heterocycles. The van der Waals surface area contributed by atoms with Crippen molar-refractivity contribution in [3.63, 3.8) is 0 Å². The van der Waals surface area contributed by atoms with Gasteiger partial charge in [-0.2, -0.15) is 14.9 Å². The van der Waals surface area contributed by atoms with Gasteiger partial charge in [-0.15, -0.1) is 20.0 Å². The first-order valence-electron chi connectivity index (χ1n) is 11.3. The van der Waals surface area contributed by atoms with Crippen LogP contribution in [0.2, 0.25) is 0 Å². The van der Waals surface area contributed by atoms with Crippen LogP contribution >= 0.6 is 0 Å². The lowest BCUT2D eigenvalue weighted by atomic mass is 9.91. The average molecular weight is 495 g/mol. The van der Waals surface area contributed by atoms with E-state index in [0.29, 0.717) is 28.5 Å². The van der Waals surface area contributed by atoms with Crippen LogP contribution in [0.4, 0.5) is 22.9 Å². The summed E-state index contributed by atoms with van der Waals surface area (Å²) in [4.78, 5) is 26.5.